The zero-order chi connectivity index (χ0) is 15.8. The number of hydrogen-bond donors (Lipinski definition) is 3. The van der Waals surface area contributed by atoms with E-state index in [1.807, 2.05) is 0 Å². The number of carbonyl (C=O) groups is 2. The first-order valence-electron chi connectivity index (χ1n) is 8.35. The maximum atomic E-state index is 11.4. The summed E-state index contributed by atoms with van der Waals surface area (Å²) in [6, 6.07) is 0. The molecule has 21 heavy (non-hydrogen) atoms. The fourth-order valence-electron chi connectivity index (χ4n) is 2.21. The zero-order valence-electron chi connectivity index (χ0n) is 13.2. The first-order chi connectivity index (χ1) is 10.2. The number of carboxylic acids is 1. The lowest BCUT2D eigenvalue weighted by Crippen LogP contribution is -2.24. The molecule has 0 fully saturated rings. The van der Waals surface area contributed by atoms with E-state index in [-0.39, 0.29) is 5.91 Å². The van der Waals surface area contributed by atoms with Crippen molar-refractivity contribution in [2.75, 3.05) is 13.1 Å². The molecule has 0 aliphatic heterocycles. The molecule has 4 N–H and O–H groups in total. The molecule has 5 heteroatoms. The number of nitrogens with one attached hydrogen (secondary N) is 1. The Balaban J connectivity index is 3.11. The summed E-state index contributed by atoms with van der Waals surface area (Å²) in [6.07, 6.45) is 11.4. The number of rotatable bonds is 15. The average Bonchev–Trinajstić information content (AvgIpc) is 2.44. The van der Waals surface area contributed by atoms with Crippen LogP contribution in [0.15, 0.2) is 0 Å². The second-order valence-corrected chi connectivity index (χ2v) is 5.57. The van der Waals surface area contributed by atoms with Crippen molar-refractivity contribution in [2.24, 2.45) is 5.73 Å². The van der Waals surface area contributed by atoms with E-state index >= 15 is 0 Å². The van der Waals surface area contributed by atoms with Crippen LogP contribution in [-0.2, 0) is 9.59 Å². The molecule has 0 aromatic carbocycles. The van der Waals surface area contributed by atoms with Crippen LogP contribution >= 0.6 is 0 Å². The molecule has 0 rings (SSSR count). The predicted octanol–water partition coefficient (Wildman–Crippen LogP) is 2.83. The first kappa shape index (κ1) is 19.9. The highest BCUT2D eigenvalue weighted by molar-refractivity contribution is 5.75. The molecule has 0 heterocycles. The SMILES string of the molecule is NCCCCC(=O)NCCCCCCCCCCC(=O)O. The second-order valence-electron chi connectivity index (χ2n) is 5.57. The monoisotopic (exact) mass is 300 g/mol. The Morgan fingerprint density at radius 2 is 1.29 bits per heavy atom. The van der Waals surface area contributed by atoms with Gasteiger partial charge in [0, 0.05) is 19.4 Å². The Kier molecular flexibility index (Phi) is 14.5. The summed E-state index contributed by atoms with van der Waals surface area (Å²) in [7, 11) is 0. The molecule has 0 aromatic heterocycles. The van der Waals surface area contributed by atoms with Crippen molar-refractivity contribution in [1.29, 1.82) is 0 Å². The third-order valence-corrected chi connectivity index (χ3v) is 3.50. The number of unbranched alkanes of at least 4 members (excludes halogenated alkanes) is 8. The van der Waals surface area contributed by atoms with Gasteiger partial charge in [0.1, 0.15) is 0 Å². The molecule has 0 radical (unpaired) electrons. The van der Waals surface area contributed by atoms with Crippen molar-refractivity contribution < 1.29 is 14.7 Å². The predicted molar refractivity (Wildman–Crippen MR) is 85.1 cm³/mol. The molecule has 0 unspecified atom stereocenters. The lowest BCUT2D eigenvalue weighted by molar-refractivity contribution is -0.137. The molecule has 5 nitrogen and oxygen atoms in total. The lowest BCUT2D eigenvalue weighted by Gasteiger charge is -2.05. The van der Waals surface area contributed by atoms with Crippen LogP contribution in [0.25, 0.3) is 0 Å². The quantitative estimate of drug-likeness (QED) is 0.405. The van der Waals surface area contributed by atoms with Gasteiger partial charge in [0.2, 0.25) is 5.91 Å². The largest absolute Gasteiger partial charge is 0.481 e. The third kappa shape index (κ3) is 16.8. The molecule has 0 saturated carbocycles. The van der Waals surface area contributed by atoms with Crippen LogP contribution in [0.2, 0.25) is 0 Å². The zero-order valence-corrected chi connectivity index (χ0v) is 13.2. The maximum absolute atomic E-state index is 11.4. The van der Waals surface area contributed by atoms with E-state index in [4.69, 9.17) is 10.8 Å². The number of carbonyl (C=O) groups excluding carboxylic acids is 1. The minimum atomic E-state index is -0.694. The summed E-state index contributed by atoms with van der Waals surface area (Å²) in [5.41, 5.74) is 5.38. The summed E-state index contributed by atoms with van der Waals surface area (Å²) in [6.45, 7) is 1.43. The number of nitrogens with two attached hydrogens (primary N) is 1. The van der Waals surface area contributed by atoms with E-state index in [0.717, 1.165) is 51.5 Å². The Bertz CT molecular complexity index is 270. The van der Waals surface area contributed by atoms with Crippen LogP contribution in [0.3, 0.4) is 0 Å². The van der Waals surface area contributed by atoms with Crippen molar-refractivity contribution in [3.05, 3.63) is 0 Å². The molecule has 124 valence electrons. The van der Waals surface area contributed by atoms with Gasteiger partial charge in [0.05, 0.1) is 0 Å². The normalized spacial score (nSPS) is 10.5. The van der Waals surface area contributed by atoms with Crippen LogP contribution in [0, 0.1) is 0 Å². The van der Waals surface area contributed by atoms with Gasteiger partial charge >= 0.3 is 5.97 Å². The third-order valence-electron chi connectivity index (χ3n) is 3.50. The van der Waals surface area contributed by atoms with Gasteiger partial charge in [-0.3, -0.25) is 9.59 Å². The van der Waals surface area contributed by atoms with Gasteiger partial charge < -0.3 is 16.2 Å². The summed E-state index contributed by atoms with van der Waals surface area (Å²) < 4.78 is 0. The van der Waals surface area contributed by atoms with E-state index in [2.05, 4.69) is 5.32 Å². The van der Waals surface area contributed by atoms with Gasteiger partial charge in [-0.15, -0.1) is 0 Å². The van der Waals surface area contributed by atoms with Crippen LogP contribution in [0.5, 0.6) is 0 Å². The summed E-state index contributed by atoms with van der Waals surface area (Å²) in [4.78, 5) is 21.7. The highest BCUT2D eigenvalue weighted by atomic mass is 16.4. The van der Waals surface area contributed by atoms with Crippen LogP contribution in [0.4, 0.5) is 0 Å². The van der Waals surface area contributed by atoms with Crippen LogP contribution < -0.4 is 11.1 Å². The molecular weight excluding hydrogens is 268 g/mol. The van der Waals surface area contributed by atoms with Crippen molar-refractivity contribution >= 4 is 11.9 Å². The highest BCUT2D eigenvalue weighted by Crippen LogP contribution is 2.09. The highest BCUT2D eigenvalue weighted by Gasteiger charge is 2.00. The second kappa shape index (κ2) is 15.3. The van der Waals surface area contributed by atoms with Crippen molar-refractivity contribution in [1.82, 2.24) is 5.32 Å². The van der Waals surface area contributed by atoms with Crippen LogP contribution in [0.1, 0.15) is 77.0 Å². The van der Waals surface area contributed by atoms with E-state index in [1.54, 1.807) is 0 Å². The van der Waals surface area contributed by atoms with Gasteiger partial charge in [0.15, 0.2) is 0 Å². The van der Waals surface area contributed by atoms with Gasteiger partial charge in [0.25, 0.3) is 0 Å². The standard InChI is InChI=1S/C16H32N2O3/c17-13-9-8-11-15(19)18-14-10-6-4-2-1-3-5-7-12-16(20)21/h1-14,17H2,(H,18,19)(H,20,21). The topological polar surface area (TPSA) is 92.4 Å². The number of hydrogen-bond acceptors (Lipinski definition) is 3. The average molecular weight is 300 g/mol. The maximum Gasteiger partial charge on any atom is 0.303 e. The molecule has 1 amide bonds. The molecule has 0 aliphatic carbocycles. The fraction of sp³-hybridized carbons (Fsp3) is 0.875. The molecule has 0 spiro atoms. The molecular formula is C16H32N2O3. The number of aliphatic carboxylic acids is 1. The fourth-order valence-corrected chi connectivity index (χ4v) is 2.21. The molecule has 0 aromatic rings. The van der Waals surface area contributed by atoms with Crippen molar-refractivity contribution in [3.8, 4) is 0 Å². The molecule has 0 saturated heterocycles. The van der Waals surface area contributed by atoms with Gasteiger partial charge in [-0.2, -0.15) is 0 Å². The smallest absolute Gasteiger partial charge is 0.303 e. The summed E-state index contributed by atoms with van der Waals surface area (Å²) >= 11 is 0. The Morgan fingerprint density at radius 1 is 0.762 bits per heavy atom. The van der Waals surface area contributed by atoms with E-state index < -0.39 is 5.97 Å². The van der Waals surface area contributed by atoms with Gasteiger partial charge in [-0.25, -0.2) is 0 Å². The molecule has 0 bridgehead atoms. The Morgan fingerprint density at radius 3 is 1.86 bits per heavy atom. The van der Waals surface area contributed by atoms with E-state index in [0.29, 0.717) is 19.4 Å². The molecule has 0 aliphatic rings. The van der Waals surface area contributed by atoms with Crippen LogP contribution in [-0.4, -0.2) is 30.1 Å². The van der Waals surface area contributed by atoms with E-state index in [9.17, 15) is 9.59 Å². The lowest BCUT2D eigenvalue weighted by atomic mass is 10.1. The van der Waals surface area contributed by atoms with Gasteiger partial charge in [-0.1, -0.05) is 38.5 Å². The first-order valence-corrected chi connectivity index (χ1v) is 8.35. The number of amides is 1. The van der Waals surface area contributed by atoms with E-state index in [1.165, 1.54) is 19.3 Å². The Labute approximate surface area is 128 Å². The van der Waals surface area contributed by atoms with Gasteiger partial charge in [-0.05, 0) is 32.2 Å². The Hall–Kier alpha value is -1.10. The minimum absolute atomic E-state index is 0.141. The minimum Gasteiger partial charge on any atom is -0.481 e. The summed E-state index contributed by atoms with van der Waals surface area (Å²) in [5, 5.41) is 11.4. The summed E-state index contributed by atoms with van der Waals surface area (Å²) in [5.74, 6) is -0.554. The van der Waals surface area contributed by atoms with Crippen molar-refractivity contribution in [2.45, 2.75) is 77.0 Å². The molecule has 0 atom stereocenters. The van der Waals surface area contributed by atoms with Crippen molar-refractivity contribution in [3.63, 3.8) is 0 Å². The number of carboxylic acid groups (broad SMARTS) is 1.